The van der Waals surface area contributed by atoms with Crippen LogP contribution in [0.5, 0.6) is 11.6 Å². The lowest BCUT2D eigenvalue weighted by molar-refractivity contribution is -0.385. The highest BCUT2D eigenvalue weighted by molar-refractivity contribution is 7.89. The molecule has 1 aliphatic heterocycles. The van der Waals surface area contributed by atoms with Gasteiger partial charge in [-0.1, -0.05) is 6.92 Å². The van der Waals surface area contributed by atoms with Gasteiger partial charge in [0, 0.05) is 43.9 Å². The Bertz CT molecular complexity index is 1170. The van der Waals surface area contributed by atoms with E-state index in [0.29, 0.717) is 25.1 Å². The van der Waals surface area contributed by atoms with E-state index >= 15 is 0 Å². The van der Waals surface area contributed by atoms with Gasteiger partial charge in [0.2, 0.25) is 15.9 Å². The van der Waals surface area contributed by atoms with E-state index in [4.69, 9.17) is 9.47 Å². The predicted octanol–water partition coefficient (Wildman–Crippen LogP) is 2.41. The molecular formula is C21H29N5O7S. The first-order chi connectivity index (χ1) is 16.0. The zero-order valence-electron chi connectivity index (χ0n) is 19.5. The first-order valence-electron chi connectivity index (χ1n) is 11.0. The second kappa shape index (κ2) is 10.5. The number of aromatic nitrogens is 2. The fraction of sp³-hybridized carbons (Fsp3) is 0.524. The molecule has 1 aliphatic rings. The number of nitro benzene ring substituents is 1. The van der Waals surface area contributed by atoms with Gasteiger partial charge in [0.25, 0.3) is 11.6 Å². The Labute approximate surface area is 197 Å². The molecule has 1 aromatic carbocycles. The van der Waals surface area contributed by atoms with Crippen LogP contribution in [-0.2, 0) is 21.8 Å². The summed E-state index contributed by atoms with van der Waals surface area (Å²) in [5.41, 5.74) is 0.122. The van der Waals surface area contributed by atoms with Crippen molar-refractivity contribution in [2.45, 2.75) is 57.1 Å². The second-order valence-corrected chi connectivity index (χ2v) is 9.85. The van der Waals surface area contributed by atoms with Crippen molar-refractivity contribution in [3.8, 4) is 11.6 Å². The lowest BCUT2D eigenvalue weighted by Crippen LogP contribution is -2.32. The quantitative estimate of drug-likeness (QED) is 0.376. The second-order valence-electron chi connectivity index (χ2n) is 8.17. The van der Waals surface area contributed by atoms with Crippen molar-refractivity contribution in [3.05, 3.63) is 39.6 Å². The molecule has 2 atom stereocenters. The van der Waals surface area contributed by atoms with Crippen molar-refractivity contribution < 1.29 is 27.6 Å². The molecule has 2 aromatic rings. The molecule has 0 aliphatic carbocycles. The molecule has 1 fully saturated rings. The topological polar surface area (TPSA) is 155 Å². The molecule has 1 aromatic heterocycles. The van der Waals surface area contributed by atoms with Crippen LogP contribution >= 0.6 is 0 Å². The van der Waals surface area contributed by atoms with E-state index in [9.17, 15) is 23.3 Å². The lowest BCUT2D eigenvalue weighted by atomic mass is 10.2. The summed E-state index contributed by atoms with van der Waals surface area (Å²) in [5.74, 6) is -0.400. The van der Waals surface area contributed by atoms with Crippen molar-refractivity contribution in [2.24, 2.45) is 7.05 Å². The van der Waals surface area contributed by atoms with Crippen LogP contribution in [0.4, 0.5) is 5.69 Å². The molecular weight excluding hydrogens is 466 g/mol. The summed E-state index contributed by atoms with van der Waals surface area (Å²) < 4.78 is 41.1. The van der Waals surface area contributed by atoms with Crippen LogP contribution in [0.25, 0.3) is 0 Å². The number of non-ortho nitro benzene ring substituents is 1. The van der Waals surface area contributed by atoms with Gasteiger partial charge in [-0.15, -0.1) is 0 Å². The minimum Gasteiger partial charge on any atom is -0.438 e. The Morgan fingerprint density at radius 3 is 2.79 bits per heavy atom. The SMILES string of the molecule is CC[C@@H](C)NS(=O)(=O)c1cc([N+](=O)[O-])ccc1Oc1c(C)c(C(=O)NC[C@@H]2CCCO2)nn1C. The molecule has 1 amide bonds. The Kier molecular flexibility index (Phi) is 7.89. The molecule has 13 heteroatoms. The number of benzene rings is 1. The average molecular weight is 496 g/mol. The summed E-state index contributed by atoms with van der Waals surface area (Å²) in [6, 6.07) is 2.92. The molecule has 3 rings (SSSR count). The first-order valence-corrected chi connectivity index (χ1v) is 12.4. The summed E-state index contributed by atoms with van der Waals surface area (Å²) in [4.78, 5) is 22.8. The summed E-state index contributed by atoms with van der Waals surface area (Å²) in [6.45, 7) is 6.15. The Hall–Kier alpha value is -3.03. The van der Waals surface area contributed by atoms with Crippen LogP contribution in [0.3, 0.4) is 0 Å². The number of nitro groups is 1. The van der Waals surface area contributed by atoms with E-state index in [2.05, 4.69) is 15.1 Å². The monoisotopic (exact) mass is 495 g/mol. The van der Waals surface area contributed by atoms with E-state index < -0.39 is 32.6 Å². The number of sulfonamides is 1. The number of carbonyl (C=O) groups is 1. The van der Waals surface area contributed by atoms with Crippen LogP contribution in [0.15, 0.2) is 23.1 Å². The third kappa shape index (κ3) is 5.72. The van der Waals surface area contributed by atoms with Crippen LogP contribution in [-0.4, -0.2) is 54.3 Å². The van der Waals surface area contributed by atoms with Crippen LogP contribution < -0.4 is 14.8 Å². The molecule has 0 bridgehead atoms. The van der Waals surface area contributed by atoms with Crippen molar-refractivity contribution in [2.75, 3.05) is 13.2 Å². The van der Waals surface area contributed by atoms with Gasteiger partial charge >= 0.3 is 0 Å². The van der Waals surface area contributed by atoms with Gasteiger partial charge in [0.05, 0.1) is 11.0 Å². The number of hydrogen-bond donors (Lipinski definition) is 2. The zero-order chi connectivity index (χ0) is 25.0. The Morgan fingerprint density at radius 1 is 1.44 bits per heavy atom. The predicted molar refractivity (Wildman–Crippen MR) is 122 cm³/mol. The number of amides is 1. The van der Waals surface area contributed by atoms with E-state index in [1.807, 2.05) is 6.92 Å². The smallest absolute Gasteiger partial charge is 0.272 e. The molecule has 34 heavy (non-hydrogen) atoms. The first kappa shape index (κ1) is 25.6. The van der Waals surface area contributed by atoms with Gasteiger partial charge in [-0.05, 0) is 39.2 Å². The van der Waals surface area contributed by atoms with Crippen molar-refractivity contribution in [1.82, 2.24) is 19.8 Å². The van der Waals surface area contributed by atoms with E-state index in [0.717, 1.165) is 25.0 Å². The molecule has 186 valence electrons. The summed E-state index contributed by atoms with van der Waals surface area (Å²) in [5, 5.41) is 18.3. The van der Waals surface area contributed by atoms with E-state index in [1.54, 1.807) is 20.9 Å². The van der Waals surface area contributed by atoms with Gasteiger partial charge < -0.3 is 14.8 Å². The third-order valence-corrected chi connectivity index (χ3v) is 7.16. The van der Waals surface area contributed by atoms with Crippen molar-refractivity contribution >= 4 is 21.6 Å². The molecule has 1 saturated heterocycles. The molecule has 0 saturated carbocycles. The summed E-state index contributed by atoms with van der Waals surface area (Å²) in [7, 11) is -2.58. The molecule has 2 heterocycles. The fourth-order valence-corrected chi connectivity index (χ4v) is 4.96. The number of aryl methyl sites for hydroxylation is 1. The highest BCUT2D eigenvalue weighted by atomic mass is 32.2. The number of carbonyl (C=O) groups excluding carboxylic acids is 1. The van der Waals surface area contributed by atoms with Crippen molar-refractivity contribution in [3.63, 3.8) is 0 Å². The van der Waals surface area contributed by atoms with Gasteiger partial charge in [-0.25, -0.2) is 17.8 Å². The molecule has 0 radical (unpaired) electrons. The highest BCUT2D eigenvalue weighted by Crippen LogP contribution is 2.34. The molecule has 0 unspecified atom stereocenters. The summed E-state index contributed by atoms with van der Waals surface area (Å²) in [6.07, 6.45) is 2.32. The maximum absolute atomic E-state index is 13.0. The van der Waals surface area contributed by atoms with Crippen molar-refractivity contribution in [1.29, 1.82) is 0 Å². The maximum Gasteiger partial charge on any atom is 0.272 e. The Balaban J connectivity index is 1.91. The van der Waals surface area contributed by atoms with E-state index in [1.165, 1.54) is 10.7 Å². The minimum atomic E-state index is -4.13. The van der Waals surface area contributed by atoms with Crippen LogP contribution in [0.2, 0.25) is 0 Å². The number of nitrogens with zero attached hydrogens (tertiary/aromatic N) is 3. The standard InChI is InChI=1S/C21H29N5O7S/c1-5-13(2)24-34(30,31)18-11-15(26(28)29)8-9-17(18)33-21-14(3)19(23-25(21)4)20(27)22-12-16-7-6-10-32-16/h8-9,11,13,16,24H,5-7,10,12H2,1-4H3,(H,22,27)/t13-,16+/m1/s1. The lowest BCUT2D eigenvalue weighted by Gasteiger charge is -2.15. The minimum absolute atomic E-state index is 0.0328. The van der Waals surface area contributed by atoms with Gasteiger partial charge in [-0.3, -0.25) is 14.9 Å². The Morgan fingerprint density at radius 2 is 2.18 bits per heavy atom. The summed E-state index contributed by atoms with van der Waals surface area (Å²) >= 11 is 0. The largest absolute Gasteiger partial charge is 0.438 e. The number of ether oxygens (including phenoxy) is 2. The van der Waals surface area contributed by atoms with Crippen LogP contribution in [0, 0.1) is 17.0 Å². The van der Waals surface area contributed by atoms with Gasteiger partial charge in [0.1, 0.15) is 10.6 Å². The molecule has 12 nitrogen and oxygen atoms in total. The maximum atomic E-state index is 13.0. The van der Waals surface area contributed by atoms with Crippen LogP contribution in [0.1, 0.15) is 49.2 Å². The third-order valence-electron chi connectivity index (χ3n) is 5.55. The number of rotatable bonds is 10. The van der Waals surface area contributed by atoms with Gasteiger partial charge in [-0.2, -0.15) is 5.10 Å². The molecule has 2 N–H and O–H groups in total. The number of hydrogen-bond acceptors (Lipinski definition) is 8. The fourth-order valence-electron chi connectivity index (χ4n) is 3.49. The number of nitrogens with one attached hydrogen (secondary N) is 2. The highest BCUT2D eigenvalue weighted by Gasteiger charge is 2.28. The molecule has 0 spiro atoms. The normalized spacial score (nSPS) is 16.9. The van der Waals surface area contributed by atoms with Gasteiger partial charge in [0.15, 0.2) is 5.69 Å². The van der Waals surface area contributed by atoms with E-state index in [-0.39, 0.29) is 28.3 Å². The zero-order valence-corrected chi connectivity index (χ0v) is 20.3. The average Bonchev–Trinajstić information content (AvgIpc) is 3.40.